The van der Waals surface area contributed by atoms with Gasteiger partial charge in [0.05, 0.1) is 16.9 Å². The number of carbonyl (C=O) groups excluding carboxylic acids is 2. The maximum atomic E-state index is 12.7. The average molecular weight is 375 g/mol. The highest BCUT2D eigenvalue weighted by molar-refractivity contribution is 8.26. The Morgan fingerprint density at radius 1 is 1.36 bits per heavy atom. The van der Waals surface area contributed by atoms with Gasteiger partial charge in [-0.15, -0.1) is 0 Å². The number of allylic oxidation sites excluding steroid dienone is 2. The quantitative estimate of drug-likeness (QED) is 0.566. The largest absolute Gasteiger partial charge is 0.548 e. The zero-order chi connectivity index (χ0) is 18.6. The van der Waals surface area contributed by atoms with Crippen molar-refractivity contribution < 1.29 is 14.7 Å². The van der Waals surface area contributed by atoms with Crippen molar-refractivity contribution in [1.82, 2.24) is 4.90 Å². The number of amides is 1. The number of carboxylic acids is 1. The molecular formula is C19H20NO3S2-. The van der Waals surface area contributed by atoms with Crippen molar-refractivity contribution in [2.45, 2.75) is 33.2 Å². The van der Waals surface area contributed by atoms with Crippen LogP contribution in [0.5, 0.6) is 0 Å². The van der Waals surface area contributed by atoms with Gasteiger partial charge in [0, 0.05) is 0 Å². The minimum Gasteiger partial charge on any atom is -0.548 e. The van der Waals surface area contributed by atoms with Crippen molar-refractivity contribution in [1.29, 1.82) is 0 Å². The first-order chi connectivity index (χ1) is 11.8. The third-order valence-electron chi connectivity index (χ3n) is 4.08. The highest BCUT2D eigenvalue weighted by Gasteiger charge is 2.39. The van der Waals surface area contributed by atoms with Gasteiger partial charge in [0.2, 0.25) is 0 Å². The van der Waals surface area contributed by atoms with Crippen molar-refractivity contribution >= 4 is 46.3 Å². The molecule has 6 heteroatoms. The molecule has 0 N–H and O–H groups in total. The summed E-state index contributed by atoms with van der Waals surface area (Å²) in [6.07, 6.45) is 4.31. The maximum absolute atomic E-state index is 12.7. The van der Waals surface area contributed by atoms with Gasteiger partial charge in [-0.2, -0.15) is 0 Å². The minimum absolute atomic E-state index is 0.243. The number of carboxylic acid groups (broad SMARTS) is 1. The van der Waals surface area contributed by atoms with E-state index in [4.69, 9.17) is 12.2 Å². The monoisotopic (exact) mass is 374 g/mol. The molecule has 1 aromatic carbocycles. The van der Waals surface area contributed by atoms with E-state index in [0.29, 0.717) is 11.3 Å². The smallest absolute Gasteiger partial charge is 0.266 e. The second kappa shape index (κ2) is 8.45. The van der Waals surface area contributed by atoms with Crippen LogP contribution in [0.25, 0.3) is 6.08 Å². The summed E-state index contributed by atoms with van der Waals surface area (Å²) in [6.45, 7) is 5.55. The van der Waals surface area contributed by atoms with Crippen LogP contribution >= 0.6 is 24.0 Å². The summed E-state index contributed by atoms with van der Waals surface area (Å²) < 4.78 is 0.262. The lowest BCUT2D eigenvalue weighted by atomic mass is 9.98. The summed E-state index contributed by atoms with van der Waals surface area (Å²) in [4.78, 5) is 25.9. The zero-order valence-corrected chi connectivity index (χ0v) is 16.0. The highest BCUT2D eigenvalue weighted by Crippen LogP contribution is 2.35. The number of rotatable bonds is 6. The van der Waals surface area contributed by atoms with E-state index >= 15 is 0 Å². The Kier molecular flexibility index (Phi) is 6.56. The third-order valence-corrected chi connectivity index (χ3v) is 5.41. The molecule has 0 aliphatic carbocycles. The Bertz CT molecular complexity index is 740. The number of nitrogens with zero attached hydrogens (tertiary/aromatic N) is 1. The second-order valence-electron chi connectivity index (χ2n) is 6.00. The standard InChI is InChI=1S/C19H21NO3S2/c1-4-13(3)16(18(22)23)20-17(21)15(25-19(20)24)11-12(2)10-14-8-6-5-7-9-14/h5-11,13,16H,4H2,1-3H3,(H,22,23)/p-1/b12-10+,15-11-/t13-,16-/m0/s1. The van der Waals surface area contributed by atoms with Crippen LogP contribution in [0, 0.1) is 5.92 Å². The zero-order valence-electron chi connectivity index (χ0n) is 14.4. The Morgan fingerprint density at radius 2 is 2.00 bits per heavy atom. The van der Waals surface area contributed by atoms with Crippen molar-refractivity contribution in [3.63, 3.8) is 0 Å². The first kappa shape index (κ1) is 19.4. The molecule has 0 aromatic heterocycles. The van der Waals surface area contributed by atoms with Crippen LogP contribution < -0.4 is 5.11 Å². The van der Waals surface area contributed by atoms with Crippen LogP contribution in [0.4, 0.5) is 0 Å². The summed E-state index contributed by atoms with van der Waals surface area (Å²) in [5, 5.41) is 11.5. The lowest BCUT2D eigenvalue weighted by Crippen LogP contribution is -2.53. The molecular weight excluding hydrogens is 354 g/mol. The Hall–Kier alpha value is -1.92. The third kappa shape index (κ3) is 4.58. The van der Waals surface area contributed by atoms with E-state index in [-0.39, 0.29) is 16.1 Å². The molecule has 0 bridgehead atoms. The summed E-state index contributed by atoms with van der Waals surface area (Å²) in [7, 11) is 0. The molecule has 1 amide bonds. The molecule has 25 heavy (non-hydrogen) atoms. The van der Waals surface area contributed by atoms with Crippen LogP contribution in [0.2, 0.25) is 0 Å². The lowest BCUT2D eigenvalue weighted by molar-refractivity contribution is -0.311. The van der Waals surface area contributed by atoms with Gasteiger partial charge in [0.1, 0.15) is 4.32 Å². The molecule has 1 fully saturated rings. The Labute approximate surface area is 157 Å². The van der Waals surface area contributed by atoms with Crippen molar-refractivity contribution in [3.05, 3.63) is 52.4 Å². The molecule has 0 spiro atoms. The van der Waals surface area contributed by atoms with Gasteiger partial charge < -0.3 is 9.90 Å². The van der Waals surface area contributed by atoms with Crippen molar-refractivity contribution in [3.8, 4) is 0 Å². The van der Waals surface area contributed by atoms with Gasteiger partial charge in [0.25, 0.3) is 5.91 Å². The molecule has 1 aliphatic heterocycles. The van der Waals surface area contributed by atoms with E-state index < -0.39 is 12.0 Å². The van der Waals surface area contributed by atoms with Crippen LogP contribution in [0.15, 0.2) is 46.9 Å². The number of hydrogen-bond acceptors (Lipinski definition) is 5. The van der Waals surface area contributed by atoms with E-state index in [0.717, 1.165) is 22.9 Å². The molecule has 2 atom stereocenters. The van der Waals surface area contributed by atoms with Crippen molar-refractivity contribution in [2.24, 2.45) is 5.92 Å². The van der Waals surface area contributed by atoms with Gasteiger partial charge in [-0.05, 0) is 30.1 Å². The first-order valence-electron chi connectivity index (χ1n) is 8.06. The summed E-state index contributed by atoms with van der Waals surface area (Å²) >= 11 is 6.39. The summed E-state index contributed by atoms with van der Waals surface area (Å²) in [5.41, 5.74) is 1.92. The second-order valence-corrected chi connectivity index (χ2v) is 7.68. The van der Waals surface area contributed by atoms with E-state index in [2.05, 4.69) is 0 Å². The predicted molar refractivity (Wildman–Crippen MR) is 103 cm³/mol. The van der Waals surface area contributed by atoms with Gasteiger partial charge in [0.15, 0.2) is 0 Å². The lowest BCUT2D eigenvalue weighted by Gasteiger charge is -2.32. The molecule has 2 rings (SSSR count). The molecule has 1 aliphatic rings. The number of benzene rings is 1. The normalized spacial score (nSPS) is 19.4. The SMILES string of the molecule is CC[C@H](C)[C@@H](C(=O)[O-])N1C(=O)/C(=C/C(C)=C/c2ccccc2)SC1=S. The first-order valence-corrected chi connectivity index (χ1v) is 9.29. The van der Waals surface area contributed by atoms with Crippen LogP contribution in [-0.4, -0.2) is 27.1 Å². The molecule has 1 heterocycles. The number of thiocarbonyl (C=S) groups is 1. The van der Waals surface area contributed by atoms with Gasteiger partial charge in [-0.1, -0.05) is 80.7 Å². The summed E-state index contributed by atoms with van der Waals surface area (Å²) in [6, 6.07) is 8.72. The molecule has 132 valence electrons. The topological polar surface area (TPSA) is 60.4 Å². The minimum atomic E-state index is -1.27. The number of carbonyl (C=O) groups is 2. The Morgan fingerprint density at radius 3 is 2.56 bits per heavy atom. The molecule has 0 saturated carbocycles. The van der Waals surface area contributed by atoms with Gasteiger partial charge in [-0.3, -0.25) is 9.69 Å². The van der Waals surface area contributed by atoms with E-state index in [1.807, 2.05) is 50.3 Å². The van der Waals surface area contributed by atoms with E-state index in [1.54, 1.807) is 13.0 Å². The predicted octanol–water partition coefficient (Wildman–Crippen LogP) is 3.00. The number of aliphatic carboxylic acids is 1. The van der Waals surface area contributed by atoms with Crippen LogP contribution in [-0.2, 0) is 9.59 Å². The molecule has 0 unspecified atom stereocenters. The fourth-order valence-corrected chi connectivity index (χ4v) is 3.97. The van der Waals surface area contributed by atoms with Gasteiger partial charge in [-0.25, -0.2) is 0 Å². The van der Waals surface area contributed by atoms with Gasteiger partial charge >= 0.3 is 0 Å². The van der Waals surface area contributed by atoms with E-state index in [9.17, 15) is 14.7 Å². The fraction of sp³-hybridized carbons (Fsp3) is 0.316. The number of thioether (sulfide) groups is 1. The van der Waals surface area contributed by atoms with Crippen LogP contribution in [0.1, 0.15) is 32.8 Å². The fourth-order valence-electron chi connectivity index (χ4n) is 2.60. The highest BCUT2D eigenvalue weighted by atomic mass is 32.2. The maximum Gasteiger partial charge on any atom is 0.266 e. The molecule has 4 nitrogen and oxygen atoms in total. The van der Waals surface area contributed by atoms with E-state index in [1.165, 1.54) is 4.90 Å². The molecule has 1 aromatic rings. The average Bonchev–Trinajstić information content (AvgIpc) is 2.83. The summed E-state index contributed by atoms with van der Waals surface area (Å²) in [5.74, 6) is -1.89. The Balaban J connectivity index is 2.28. The molecule has 1 saturated heterocycles. The molecule has 0 radical (unpaired) electrons. The number of hydrogen-bond donors (Lipinski definition) is 0. The van der Waals surface area contributed by atoms with Crippen LogP contribution in [0.3, 0.4) is 0 Å². The van der Waals surface area contributed by atoms with Crippen molar-refractivity contribution in [2.75, 3.05) is 0 Å².